The Hall–Kier alpha value is -1.55. The lowest BCUT2D eigenvalue weighted by atomic mass is 9.98. The zero-order valence-electron chi connectivity index (χ0n) is 13.1. The fraction of sp³-hybridized carbons (Fsp3) is 0.588. The molecule has 21 heavy (non-hydrogen) atoms. The second kappa shape index (κ2) is 7.46. The maximum atomic E-state index is 12.1. The average molecular weight is 289 g/mol. The Balaban J connectivity index is 1.80. The van der Waals surface area contributed by atoms with Crippen molar-refractivity contribution in [2.24, 2.45) is 11.7 Å². The van der Waals surface area contributed by atoms with Crippen molar-refractivity contribution in [2.75, 3.05) is 18.0 Å². The Morgan fingerprint density at radius 2 is 1.95 bits per heavy atom. The van der Waals surface area contributed by atoms with Gasteiger partial charge in [-0.2, -0.15) is 0 Å². The number of nitrogens with one attached hydrogen (secondary N) is 1. The van der Waals surface area contributed by atoms with E-state index in [-0.39, 0.29) is 23.9 Å². The number of amides is 1. The number of piperidine rings is 1. The van der Waals surface area contributed by atoms with Crippen LogP contribution in [0.1, 0.15) is 33.1 Å². The van der Waals surface area contributed by atoms with Crippen LogP contribution >= 0.6 is 0 Å². The summed E-state index contributed by atoms with van der Waals surface area (Å²) in [4.78, 5) is 14.5. The maximum absolute atomic E-state index is 12.1. The third-order valence-corrected chi connectivity index (χ3v) is 4.52. The van der Waals surface area contributed by atoms with Gasteiger partial charge in [-0.1, -0.05) is 38.5 Å². The highest BCUT2D eigenvalue weighted by Gasteiger charge is 2.25. The zero-order chi connectivity index (χ0) is 15.2. The number of carbonyl (C=O) groups excluding carboxylic acids is 1. The molecule has 1 aliphatic heterocycles. The standard InChI is InChI=1S/C17H27N3O/c1-3-13(2)16(18)17(21)19-14-9-11-20(12-10-14)15-7-5-4-6-8-15/h4-8,13-14,16H,3,9-12,18H2,1-2H3,(H,19,21). The average Bonchev–Trinajstić information content (AvgIpc) is 2.54. The second-order valence-electron chi connectivity index (χ2n) is 6.02. The van der Waals surface area contributed by atoms with Gasteiger partial charge in [-0.05, 0) is 30.9 Å². The van der Waals surface area contributed by atoms with Gasteiger partial charge in [-0.3, -0.25) is 4.79 Å². The monoisotopic (exact) mass is 289 g/mol. The van der Waals surface area contributed by atoms with E-state index in [1.165, 1.54) is 5.69 Å². The van der Waals surface area contributed by atoms with Gasteiger partial charge in [0, 0.05) is 24.8 Å². The summed E-state index contributed by atoms with van der Waals surface area (Å²) in [6.45, 7) is 6.06. The summed E-state index contributed by atoms with van der Waals surface area (Å²) < 4.78 is 0. The fourth-order valence-electron chi connectivity index (χ4n) is 2.73. The van der Waals surface area contributed by atoms with Crippen molar-refractivity contribution in [3.05, 3.63) is 30.3 Å². The topological polar surface area (TPSA) is 58.4 Å². The third kappa shape index (κ3) is 4.21. The van der Waals surface area contributed by atoms with Crippen LogP contribution in [-0.2, 0) is 4.79 Å². The van der Waals surface area contributed by atoms with Gasteiger partial charge in [0.25, 0.3) is 0 Å². The van der Waals surface area contributed by atoms with E-state index in [1.807, 2.05) is 13.0 Å². The molecule has 1 heterocycles. The van der Waals surface area contributed by atoms with E-state index < -0.39 is 0 Å². The summed E-state index contributed by atoms with van der Waals surface area (Å²) in [5, 5.41) is 3.12. The van der Waals surface area contributed by atoms with E-state index in [4.69, 9.17) is 5.73 Å². The van der Waals surface area contributed by atoms with Crippen molar-refractivity contribution in [3.63, 3.8) is 0 Å². The van der Waals surface area contributed by atoms with Gasteiger partial charge in [0.15, 0.2) is 0 Å². The predicted octanol–water partition coefficient (Wildman–Crippen LogP) is 2.14. The number of hydrogen-bond donors (Lipinski definition) is 2. The molecule has 1 fully saturated rings. The van der Waals surface area contributed by atoms with Crippen LogP contribution in [0.5, 0.6) is 0 Å². The molecule has 0 saturated carbocycles. The highest BCUT2D eigenvalue weighted by molar-refractivity contribution is 5.82. The number of nitrogens with two attached hydrogens (primary N) is 1. The number of rotatable bonds is 5. The number of benzene rings is 1. The Kier molecular flexibility index (Phi) is 5.62. The van der Waals surface area contributed by atoms with E-state index in [2.05, 4.69) is 41.4 Å². The van der Waals surface area contributed by atoms with Gasteiger partial charge >= 0.3 is 0 Å². The maximum Gasteiger partial charge on any atom is 0.237 e. The molecule has 1 aromatic carbocycles. The van der Waals surface area contributed by atoms with Gasteiger partial charge in [0.1, 0.15) is 0 Å². The van der Waals surface area contributed by atoms with Gasteiger partial charge in [-0.25, -0.2) is 0 Å². The lowest BCUT2D eigenvalue weighted by Crippen LogP contribution is -2.51. The van der Waals surface area contributed by atoms with Crippen LogP contribution in [0.2, 0.25) is 0 Å². The molecular formula is C17H27N3O. The molecule has 1 amide bonds. The molecule has 4 nitrogen and oxygen atoms in total. The first-order valence-electron chi connectivity index (χ1n) is 7.97. The van der Waals surface area contributed by atoms with E-state index in [9.17, 15) is 4.79 Å². The van der Waals surface area contributed by atoms with Crippen LogP contribution in [0.15, 0.2) is 30.3 Å². The van der Waals surface area contributed by atoms with Crippen LogP contribution < -0.4 is 16.0 Å². The van der Waals surface area contributed by atoms with Gasteiger partial charge < -0.3 is 16.0 Å². The van der Waals surface area contributed by atoms with E-state index in [0.29, 0.717) is 0 Å². The number of hydrogen-bond acceptors (Lipinski definition) is 3. The summed E-state index contributed by atoms with van der Waals surface area (Å²) in [7, 11) is 0. The third-order valence-electron chi connectivity index (χ3n) is 4.52. The molecular weight excluding hydrogens is 262 g/mol. The molecule has 2 unspecified atom stereocenters. The minimum atomic E-state index is -0.387. The van der Waals surface area contributed by atoms with Crippen molar-refractivity contribution in [3.8, 4) is 0 Å². The second-order valence-corrected chi connectivity index (χ2v) is 6.02. The molecule has 1 saturated heterocycles. The minimum absolute atomic E-state index is 0.00233. The number of anilines is 1. The van der Waals surface area contributed by atoms with Crippen molar-refractivity contribution < 1.29 is 4.79 Å². The van der Waals surface area contributed by atoms with E-state index in [0.717, 1.165) is 32.4 Å². The van der Waals surface area contributed by atoms with Gasteiger partial charge in [-0.15, -0.1) is 0 Å². The number of carbonyl (C=O) groups is 1. The number of para-hydroxylation sites is 1. The molecule has 2 atom stereocenters. The summed E-state index contributed by atoms with van der Waals surface area (Å²) in [5.74, 6) is 0.233. The largest absolute Gasteiger partial charge is 0.371 e. The summed E-state index contributed by atoms with van der Waals surface area (Å²) in [5.41, 5.74) is 7.25. The van der Waals surface area contributed by atoms with Crippen LogP contribution in [0.4, 0.5) is 5.69 Å². The highest BCUT2D eigenvalue weighted by Crippen LogP contribution is 2.19. The zero-order valence-corrected chi connectivity index (χ0v) is 13.1. The SMILES string of the molecule is CCC(C)C(N)C(=O)NC1CCN(c2ccccc2)CC1. The summed E-state index contributed by atoms with van der Waals surface area (Å²) in [6, 6.07) is 10.3. The summed E-state index contributed by atoms with van der Waals surface area (Å²) in [6.07, 6.45) is 2.89. The van der Waals surface area contributed by atoms with Crippen molar-refractivity contribution >= 4 is 11.6 Å². The summed E-state index contributed by atoms with van der Waals surface area (Å²) >= 11 is 0. The quantitative estimate of drug-likeness (QED) is 0.873. The molecule has 3 N–H and O–H groups in total. The lowest BCUT2D eigenvalue weighted by Gasteiger charge is -2.34. The first-order chi connectivity index (χ1) is 10.1. The molecule has 4 heteroatoms. The Labute approximate surface area is 127 Å². The van der Waals surface area contributed by atoms with Crippen LogP contribution in [0.3, 0.4) is 0 Å². The lowest BCUT2D eigenvalue weighted by molar-refractivity contribution is -0.124. The van der Waals surface area contributed by atoms with Crippen LogP contribution in [0.25, 0.3) is 0 Å². The van der Waals surface area contributed by atoms with Gasteiger partial charge in [0.05, 0.1) is 6.04 Å². The molecule has 0 aromatic heterocycles. The molecule has 0 radical (unpaired) electrons. The van der Waals surface area contributed by atoms with Crippen LogP contribution in [0, 0.1) is 5.92 Å². The van der Waals surface area contributed by atoms with Crippen molar-refractivity contribution in [1.29, 1.82) is 0 Å². The van der Waals surface area contributed by atoms with Crippen molar-refractivity contribution in [2.45, 2.75) is 45.2 Å². The molecule has 2 rings (SSSR count). The van der Waals surface area contributed by atoms with Gasteiger partial charge in [0.2, 0.25) is 5.91 Å². The fourth-order valence-corrected chi connectivity index (χ4v) is 2.73. The Morgan fingerprint density at radius 1 is 1.33 bits per heavy atom. The predicted molar refractivity (Wildman–Crippen MR) is 87.3 cm³/mol. The smallest absolute Gasteiger partial charge is 0.237 e. The Morgan fingerprint density at radius 3 is 2.52 bits per heavy atom. The molecule has 0 bridgehead atoms. The molecule has 116 valence electrons. The molecule has 1 aromatic rings. The minimum Gasteiger partial charge on any atom is -0.371 e. The van der Waals surface area contributed by atoms with E-state index >= 15 is 0 Å². The highest BCUT2D eigenvalue weighted by atomic mass is 16.2. The first kappa shape index (κ1) is 15.8. The normalized spacial score (nSPS) is 19.1. The number of nitrogens with zero attached hydrogens (tertiary/aromatic N) is 1. The van der Waals surface area contributed by atoms with E-state index in [1.54, 1.807) is 0 Å². The van der Waals surface area contributed by atoms with Crippen LogP contribution in [-0.4, -0.2) is 31.1 Å². The first-order valence-corrected chi connectivity index (χ1v) is 7.97. The molecule has 1 aliphatic rings. The van der Waals surface area contributed by atoms with Crippen molar-refractivity contribution in [1.82, 2.24) is 5.32 Å². The Bertz CT molecular complexity index is 441. The molecule has 0 spiro atoms. The molecule has 0 aliphatic carbocycles.